The molecule has 8 nitrogen and oxygen atoms in total. The van der Waals surface area contributed by atoms with Gasteiger partial charge in [-0.3, -0.25) is 9.52 Å². The third kappa shape index (κ3) is 7.58. The monoisotopic (exact) mass is 472 g/mol. The first-order chi connectivity index (χ1) is 15.6. The van der Waals surface area contributed by atoms with E-state index in [0.717, 1.165) is 30.8 Å². The summed E-state index contributed by atoms with van der Waals surface area (Å²) in [6, 6.07) is 7.73. The van der Waals surface area contributed by atoms with Crippen molar-refractivity contribution in [1.82, 2.24) is 14.7 Å². The highest BCUT2D eigenvalue weighted by molar-refractivity contribution is 7.97. The fourth-order valence-corrected chi connectivity index (χ4v) is 4.11. The second-order valence-electron chi connectivity index (χ2n) is 10.1. The Balaban J connectivity index is 1.83. The first-order valence-corrected chi connectivity index (χ1v) is 12.2. The maximum absolute atomic E-state index is 13.2. The smallest absolute Gasteiger partial charge is 0.278 e. The number of carbonyl (C=O) groups excluding carboxylic acids is 1. The molecule has 0 bridgehead atoms. The zero-order chi connectivity index (χ0) is 24.1. The van der Waals surface area contributed by atoms with Crippen molar-refractivity contribution in [1.29, 1.82) is 0 Å². The molecule has 0 radical (unpaired) electrons. The van der Waals surface area contributed by atoms with Crippen molar-refractivity contribution >= 4 is 35.2 Å². The standard InChI is InChI=1S/C24H36N6O2S/c1-23(2,3)29-33-18-11-9-10-17(14-18)26-22(32)20-21(30-12-7-6-8-13-30)27-19(15-25-20)28-24(4,5)16-31/h9-11,14-15,29,31H,6-8,12-13,16H2,1-5H3,(H,26,32)(H,27,28). The minimum atomic E-state index is -0.545. The number of anilines is 3. The summed E-state index contributed by atoms with van der Waals surface area (Å²) >= 11 is 1.53. The number of hydrogen-bond donors (Lipinski definition) is 4. The van der Waals surface area contributed by atoms with Crippen LogP contribution in [-0.4, -0.2) is 51.8 Å². The highest BCUT2D eigenvalue weighted by atomic mass is 32.2. The number of aliphatic hydroxyl groups excluding tert-OH is 1. The maximum Gasteiger partial charge on any atom is 0.278 e. The molecule has 1 aliphatic rings. The molecule has 2 heterocycles. The van der Waals surface area contributed by atoms with E-state index in [1.54, 1.807) is 6.20 Å². The zero-order valence-electron chi connectivity index (χ0n) is 20.2. The lowest BCUT2D eigenvalue weighted by molar-refractivity contribution is 0.102. The van der Waals surface area contributed by atoms with Crippen LogP contribution in [0.4, 0.5) is 17.3 Å². The molecule has 0 unspecified atom stereocenters. The largest absolute Gasteiger partial charge is 0.394 e. The summed E-state index contributed by atoms with van der Waals surface area (Å²) < 4.78 is 3.38. The fraction of sp³-hybridized carbons (Fsp3) is 0.542. The van der Waals surface area contributed by atoms with E-state index in [4.69, 9.17) is 4.98 Å². The van der Waals surface area contributed by atoms with Crippen LogP contribution < -0.4 is 20.3 Å². The SMILES string of the molecule is CC(C)(C)NSc1cccc(NC(=O)c2ncc(NC(C)(C)CO)nc2N2CCCCC2)c1. The maximum atomic E-state index is 13.2. The Bertz CT molecular complexity index is 954. The molecule has 1 aliphatic heterocycles. The molecular weight excluding hydrogens is 436 g/mol. The third-order valence-electron chi connectivity index (χ3n) is 5.05. The predicted octanol–water partition coefficient (Wildman–Crippen LogP) is 4.30. The molecule has 1 aromatic heterocycles. The number of aromatic nitrogens is 2. The number of hydrogen-bond acceptors (Lipinski definition) is 8. The molecular formula is C24H36N6O2S. The van der Waals surface area contributed by atoms with Gasteiger partial charge in [0, 0.05) is 29.2 Å². The van der Waals surface area contributed by atoms with Crippen LogP contribution in [0.25, 0.3) is 0 Å². The van der Waals surface area contributed by atoms with Gasteiger partial charge >= 0.3 is 0 Å². The number of piperidine rings is 1. The van der Waals surface area contributed by atoms with Crippen LogP contribution in [-0.2, 0) is 0 Å². The Hall–Kier alpha value is -2.36. The van der Waals surface area contributed by atoms with Crippen molar-refractivity contribution in [3.63, 3.8) is 0 Å². The van der Waals surface area contributed by atoms with Gasteiger partial charge in [-0.15, -0.1) is 0 Å². The molecule has 1 saturated heterocycles. The average molecular weight is 473 g/mol. The molecule has 9 heteroatoms. The Kier molecular flexibility index (Phi) is 8.20. The summed E-state index contributed by atoms with van der Waals surface area (Å²) in [6.07, 6.45) is 4.85. The first-order valence-electron chi connectivity index (χ1n) is 11.4. The molecule has 33 heavy (non-hydrogen) atoms. The third-order valence-corrected chi connectivity index (χ3v) is 6.26. The summed E-state index contributed by atoms with van der Waals surface area (Å²) in [5.74, 6) is 0.825. The molecule has 0 aliphatic carbocycles. The fourth-order valence-electron chi connectivity index (χ4n) is 3.35. The molecule has 180 valence electrons. The second-order valence-corrected chi connectivity index (χ2v) is 11.0. The number of aliphatic hydroxyl groups is 1. The van der Waals surface area contributed by atoms with E-state index in [0.29, 0.717) is 23.0 Å². The molecule has 1 fully saturated rings. The Labute approximate surface area is 201 Å². The van der Waals surface area contributed by atoms with Gasteiger partial charge in [0.2, 0.25) is 0 Å². The van der Waals surface area contributed by atoms with Crippen LogP contribution in [0.1, 0.15) is 64.4 Å². The van der Waals surface area contributed by atoms with E-state index in [9.17, 15) is 9.90 Å². The summed E-state index contributed by atoms with van der Waals surface area (Å²) in [4.78, 5) is 25.6. The molecule has 1 amide bonds. The van der Waals surface area contributed by atoms with Crippen molar-refractivity contribution in [2.24, 2.45) is 0 Å². The quantitative estimate of drug-likeness (QED) is 0.422. The second kappa shape index (κ2) is 10.7. The minimum absolute atomic E-state index is 0.0246. The molecule has 3 rings (SSSR count). The number of carbonyl (C=O) groups is 1. The summed E-state index contributed by atoms with van der Waals surface area (Å²) in [5, 5.41) is 15.8. The van der Waals surface area contributed by atoms with Gasteiger partial charge in [-0.25, -0.2) is 9.97 Å². The van der Waals surface area contributed by atoms with Crippen LogP contribution in [0.2, 0.25) is 0 Å². The van der Waals surface area contributed by atoms with Gasteiger partial charge in [0.05, 0.1) is 18.3 Å². The summed E-state index contributed by atoms with van der Waals surface area (Å²) in [6.45, 7) is 11.7. The molecule has 0 saturated carbocycles. The van der Waals surface area contributed by atoms with E-state index >= 15 is 0 Å². The van der Waals surface area contributed by atoms with Crippen molar-refractivity contribution in [3.05, 3.63) is 36.2 Å². The predicted molar refractivity (Wildman–Crippen MR) is 136 cm³/mol. The zero-order valence-corrected chi connectivity index (χ0v) is 21.1. The topological polar surface area (TPSA) is 102 Å². The van der Waals surface area contributed by atoms with Crippen molar-refractivity contribution in [2.45, 2.75) is 69.9 Å². The van der Waals surface area contributed by atoms with E-state index < -0.39 is 5.54 Å². The lowest BCUT2D eigenvalue weighted by Gasteiger charge is -2.30. The van der Waals surface area contributed by atoms with Gasteiger partial charge in [-0.2, -0.15) is 0 Å². The van der Waals surface area contributed by atoms with Gasteiger partial charge in [0.15, 0.2) is 11.5 Å². The molecule has 1 aromatic carbocycles. The molecule has 4 N–H and O–H groups in total. The van der Waals surface area contributed by atoms with Gasteiger partial charge in [0.1, 0.15) is 5.82 Å². The van der Waals surface area contributed by atoms with Crippen molar-refractivity contribution in [3.8, 4) is 0 Å². The lowest BCUT2D eigenvalue weighted by Crippen LogP contribution is -2.36. The summed E-state index contributed by atoms with van der Waals surface area (Å²) in [7, 11) is 0. The number of amides is 1. The van der Waals surface area contributed by atoms with Crippen molar-refractivity contribution < 1.29 is 9.90 Å². The number of nitrogens with one attached hydrogen (secondary N) is 3. The van der Waals surface area contributed by atoms with E-state index in [-0.39, 0.29) is 18.1 Å². The molecule has 0 spiro atoms. The lowest BCUT2D eigenvalue weighted by atomic mass is 10.1. The van der Waals surface area contributed by atoms with Gasteiger partial charge in [-0.05, 0) is 84.0 Å². The van der Waals surface area contributed by atoms with Crippen molar-refractivity contribution in [2.75, 3.05) is 35.2 Å². The van der Waals surface area contributed by atoms with Gasteiger partial charge in [0.25, 0.3) is 5.91 Å². The molecule has 0 atom stereocenters. The Morgan fingerprint density at radius 1 is 1.15 bits per heavy atom. The van der Waals surface area contributed by atoms with E-state index in [1.165, 1.54) is 18.4 Å². The number of benzene rings is 1. The van der Waals surface area contributed by atoms with Crippen LogP contribution in [0, 0.1) is 0 Å². The highest BCUT2D eigenvalue weighted by Crippen LogP contribution is 2.26. The Morgan fingerprint density at radius 2 is 1.88 bits per heavy atom. The van der Waals surface area contributed by atoms with Crippen LogP contribution in [0.3, 0.4) is 0 Å². The first kappa shape index (κ1) is 25.3. The molecule has 2 aromatic rings. The minimum Gasteiger partial charge on any atom is -0.394 e. The number of nitrogens with zero attached hydrogens (tertiary/aromatic N) is 3. The average Bonchev–Trinajstić information content (AvgIpc) is 2.78. The van der Waals surface area contributed by atoms with E-state index in [2.05, 4.69) is 46.0 Å². The van der Waals surface area contributed by atoms with Crippen LogP contribution in [0.5, 0.6) is 0 Å². The summed E-state index contributed by atoms with van der Waals surface area (Å²) in [5.41, 5.74) is 0.436. The van der Waals surface area contributed by atoms with Gasteiger partial charge in [-0.1, -0.05) is 6.07 Å². The van der Waals surface area contributed by atoms with E-state index in [1.807, 2.05) is 38.1 Å². The highest BCUT2D eigenvalue weighted by Gasteiger charge is 2.24. The normalized spacial score (nSPS) is 14.8. The van der Waals surface area contributed by atoms with Crippen LogP contribution >= 0.6 is 11.9 Å². The Morgan fingerprint density at radius 3 is 2.55 bits per heavy atom. The van der Waals surface area contributed by atoms with Gasteiger partial charge < -0.3 is 20.6 Å². The van der Waals surface area contributed by atoms with Crippen LogP contribution in [0.15, 0.2) is 35.4 Å². The number of rotatable bonds is 8.